The molecule has 2 N–H and O–H groups in total. The molecule has 4 aromatic carbocycles. The summed E-state index contributed by atoms with van der Waals surface area (Å²) in [5.74, 6) is -3.31. The normalized spacial score (nSPS) is 10.7. The quantitative estimate of drug-likeness (QED) is 0.254. The molecule has 8 heteroatoms. The van der Waals surface area contributed by atoms with E-state index in [4.69, 9.17) is 0 Å². The maximum atomic E-state index is 13.8. The zero-order valence-electron chi connectivity index (χ0n) is 21.6. The molecule has 4 aromatic rings. The van der Waals surface area contributed by atoms with Crippen LogP contribution in [0.1, 0.15) is 38.3 Å². The maximum absolute atomic E-state index is 13.8. The molecule has 0 aliphatic carbocycles. The summed E-state index contributed by atoms with van der Waals surface area (Å²) < 4.78 is 27.2. The third kappa shape index (κ3) is 7.38. The smallest absolute Gasteiger partial charge is 0.305 e. The van der Waals surface area contributed by atoms with Crippen molar-refractivity contribution in [3.8, 4) is 11.1 Å². The number of aliphatic carboxylic acids is 1. The number of rotatable bonds is 11. The highest BCUT2D eigenvalue weighted by atomic mass is 19.1. The minimum atomic E-state index is -1.01. The molecule has 0 aliphatic heterocycles. The number of nitrogens with one attached hydrogen (secondary N) is 1. The van der Waals surface area contributed by atoms with E-state index >= 15 is 0 Å². The van der Waals surface area contributed by atoms with Gasteiger partial charge in [-0.3, -0.25) is 14.4 Å². The topological polar surface area (TPSA) is 86.7 Å². The first-order valence-corrected chi connectivity index (χ1v) is 12.8. The van der Waals surface area contributed by atoms with Crippen molar-refractivity contribution in [2.24, 2.45) is 0 Å². The average molecular weight is 543 g/mol. The van der Waals surface area contributed by atoms with Gasteiger partial charge in [0.05, 0.1) is 6.42 Å². The van der Waals surface area contributed by atoms with E-state index in [0.29, 0.717) is 29.7 Å². The fourth-order valence-electron chi connectivity index (χ4n) is 4.44. The van der Waals surface area contributed by atoms with Crippen molar-refractivity contribution in [3.05, 3.63) is 131 Å². The largest absolute Gasteiger partial charge is 0.481 e. The maximum Gasteiger partial charge on any atom is 0.305 e. The first-order valence-electron chi connectivity index (χ1n) is 12.8. The number of carbonyl (C=O) groups is 3. The van der Waals surface area contributed by atoms with Gasteiger partial charge in [-0.25, -0.2) is 8.78 Å². The van der Waals surface area contributed by atoms with Gasteiger partial charge in [-0.1, -0.05) is 66.7 Å². The van der Waals surface area contributed by atoms with Gasteiger partial charge in [0.2, 0.25) is 0 Å². The van der Waals surface area contributed by atoms with E-state index in [2.05, 4.69) is 5.32 Å². The summed E-state index contributed by atoms with van der Waals surface area (Å²) in [6.45, 7) is 0.253. The van der Waals surface area contributed by atoms with E-state index in [1.165, 1.54) is 4.90 Å². The Kier molecular flexibility index (Phi) is 9.35. The molecule has 0 saturated carbocycles. The molecule has 0 aliphatic rings. The molecule has 2 amide bonds. The summed E-state index contributed by atoms with van der Waals surface area (Å²) in [4.78, 5) is 39.8. The molecule has 0 spiro atoms. The fourth-order valence-corrected chi connectivity index (χ4v) is 4.44. The van der Waals surface area contributed by atoms with E-state index in [1.807, 2.05) is 30.3 Å². The van der Waals surface area contributed by atoms with Gasteiger partial charge < -0.3 is 15.3 Å². The third-order valence-electron chi connectivity index (χ3n) is 6.39. The van der Waals surface area contributed by atoms with Crippen LogP contribution in [-0.4, -0.2) is 40.9 Å². The number of hydrogen-bond acceptors (Lipinski definition) is 3. The number of carbonyl (C=O) groups excluding carboxylic acids is 2. The van der Waals surface area contributed by atoms with E-state index in [9.17, 15) is 28.3 Å². The van der Waals surface area contributed by atoms with E-state index in [-0.39, 0.29) is 36.5 Å². The molecule has 204 valence electrons. The lowest BCUT2D eigenvalue weighted by Crippen LogP contribution is -2.35. The molecule has 0 aromatic heterocycles. The summed E-state index contributed by atoms with van der Waals surface area (Å²) in [7, 11) is 0. The first kappa shape index (κ1) is 28.2. The minimum absolute atomic E-state index is 0.0294. The molecule has 0 heterocycles. The van der Waals surface area contributed by atoms with Crippen molar-refractivity contribution in [1.82, 2.24) is 10.2 Å². The van der Waals surface area contributed by atoms with E-state index in [1.54, 1.807) is 48.5 Å². The Hall–Kier alpha value is -4.85. The van der Waals surface area contributed by atoms with Gasteiger partial charge in [0.1, 0.15) is 11.6 Å². The van der Waals surface area contributed by atoms with Crippen LogP contribution in [0.3, 0.4) is 0 Å². The van der Waals surface area contributed by atoms with Crippen LogP contribution in [0.2, 0.25) is 0 Å². The molecule has 0 fully saturated rings. The molecule has 0 radical (unpaired) electrons. The Bertz CT molecular complexity index is 1490. The second-order valence-corrected chi connectivity index (χ2v) is 9.22. The number of hydrogen-bond donors (Lipinski definition) is 2. The second kappa shape index (κ2) is 13.3. The molecule has 4 rings (SSSR count). The van der Waals surface area contributed by atoms with Crippen LogP contribution in [0, 0.1) is 11.6 Å². The molecular formula is C32H28F2N2O4. The average Bonchev–Trinajstić information content (AvgIpc) is 2.95. The highest BCUT2D eigenvalue weighted by Crippen LogP contribution is 2.28. The van der Waals surface area contributed by atoms with Gasteiger partial charge in [-0.2, -0.15) is 0 Å². The van der Waals surface area contributed by atoms with Crippen molar-refractivity contribution in [2.75, 3.05) is 13.1 Å². The Morgan fingerprint density at radius 3 is 1.93 bits per heavy atom. The molecular weight excluding hydrogens is 514 g/mol. The fraction of sp³-hybridized carbons (Fsp3) is 0.156. The van der Waals surface area contributed by atoms with Crippen LogP contribution < -0.4 is 5.32 Å². The van der Waals surface area contributed by atoms with Crippen LogP contribution in [0.15, 0.2) is 97.1 Å². The predicted octanol–water partition coefficient (Wildman–Crippen LogP) is 5.72. The van der Waals surface area contributed by atoms with Gasteiger partial charge in [0, 0.05) is 36.8 Å². The van der Waals surface area contributed by atoms with E-state index in [0.717, 1.165) is 23.8 Å². The predicted molar refractivity (Wildman–Crippen MR) is 148 cm³/mol. The molecule has 0 saturated heterocycles. The van der Waals surface area contributed by atoms with Crippen molar-refractivity contribution >= 4 is 17.8 Å². The van der Waals surface area contributed by atoms with Crippen LogP contribution >= 0.6 is 0 Å². The summed E-state index contributed by atoms with van der Waals surface area (Å²) in [5.41, 5.74) is 2.90. The van der Waals surface area contributed by atoms with Gasteiger partial charge in [0.25, 0.3) is 11.8 Å². The summed E-state index contributed by atoms with van der Waals surface area (Å²) in [6.07, 6.45) is 0.344. The van der Waals surface area contributed by atoms with Crippen molar-refractivity contribution in [1.29, 1.82) is 0 Å². The van der Waals surface area contributed by atoms with Gasteiger partial charge >= 0.3 is 5.97 Å². The Morgan fingerprint density at radius 2 is 1.27 bits per heavy atom. The number of carboxylic acid groups (broad SMARTS) is 1. The molecule has 6 nitrogen and oxygen atoms in total. The van der Waals surface area contributed by atoms with Crippen LogP contribution in [-0.2, 0) is 17.8 Å². The van der Waals surface area contributed by atoms with Crippen LogP contribution in [0.25, 0.3) is 11.1 Å². The van der Waals surface area contributed by atoms with Gasteiger partial charge in [-0.05, 0) is 52.9 Å². The number of nitrogens with zero attached hydrogens (tertiary/aromatic N) is 1. The first-order chi connectivity index (χ1) is 19.3. The van der Waals surface area contributed by atoms with Crippen molar-refractivity contribution < 1.29 is 28.3 Å². The Morgan fingerprint density at radius 1 is 0.700 bits per heavy atom. The lowest BCUT2D eigenvalue weighted by Gasteiger charge is -2.24. The number of halogens is 2. The van der Waals surface area contributed by atoms with Crippen LogP contribution in [0.4, 0.5) is 8.78 Å². The molecule has 0 atom stereocenters. The molecule has 40 heavy (non-hydrogen) atoms. The third-order valence-corrected chi connectivity index (χ3v) is 6.39. The lowest BCUT2D eigenvalue weighted by atomic mass is 9.94. The van der Waals surface area contributed by atoms with E-state index < -0.39 is 23.5 Å². The number of carboxylic acids is 1. The zero-order chi connectivity index (χ0) is 28.5. The lowest BCUT2D eigenvalue weighted by molar-refractivity contribution is -0.137. The monoisotopic (exact) mass is 542 g/mol. The highest BCUT2D eigenvalue weighted by molar-refractivity contribution is 6.06. The summed E-state index contributed by atoms with van der Waals surface area (Å²) in [6, 6.07) is 26.2. The molecule has 0 bridgehead atoms. The van der Waals surface area contributed by atoms with Crippen molar-refractivity contribution in [3.63, 3.8) is 0 Å². The summed E-state index contributed by atoms with van der Waals surface area (Å²) >= 11 is 0. The standard InChI is InChI=1S/C32H28F2N2O4/c33-24-18-23(19-25(34)20-24)21-35-31(39)28-12-6-4-10-26(28)27-11-5-7-13-29(27)32(40)36(17-15-30(37)38)16-14-22-8-2-1-3-9-22/h1-13,18-20H,14-17,21H2,(H,35,39)(H,37,38). The zero-order valence-corrected chi connectivity index (χ0v) is 21.6. The Labute approximate surface area is 230 Å². The SMILES string of the molecule is O=C(O)CCN(CCc1ccccc1)C(=O)c1ccccc1-c1ccccc1C(=O)NCc1cc(F)cc(F)c1. The van der Waals surface area contributed by atoms with Gasteiger partial charge in [-0.15, -0.1) is 0 Å². The Balaban J connectivity index is 1.60. The highest BCUT2D eigenvalue weighted by Gasteiger charge is 2.22. The number of amides is 2. The minimum Gasteiger partial charge on any atom is -0.481 e. The van der Waals surface area contributed by atoms with Crippen LogP contribution in [0.5, 0.6) is 0 Å². The molecule has 0 unspecified atom stereocenters. The second-order valence-electron chi connectivity index (χ2n) is 9.22. The van der Waals surface area contributed by atoms with Crippen molar-refractivity contribution in [2.45, 2.75) is 19.4 Å². The number of benzene rings is 4. The summed E-state index contributed by atoms with van der Waals surface area (Å²) in [5, 5.41) is 12.0. The van der Waals surface area contributed by atoms with Gasteiger partial charge in [0.15, 0.2) is 0 Å².